The molecule has 2 aromatic rings. The van der Waals surface area contributed by atoms with Crippen LogP contribution in [0.5, 0.6) is 0 Å². The van der Waals surface area contributed by atoms with Crippen LogP contribution in [-0.4, -0.2) is 0 Å². The van der Waals surface area contributed by atoms with E-state index in [0.717, 1.165) is 15.6 Å². The molecule has 2 N–H and O–H groups in total. The van der Waals surface area contributed by atoms with E-state index in [4.69, 9.17) is 33.4 Å². The normalized spacial score (nSPS) is 17.6. The molecule has 3 rings (SSSR count). The van der Waals surface area contributed by atoms with Crippen molar-refractivity contribution in [1.29, 1.82) is 0 Å². The van der Waals surface area contributed by atoms with Gasteiger partial charge in [-0.05, 0) is 46.8 Å². The standard InChI is InChI=1S/C12H10BrCl2NO/c13-7-4-8(14)12-6(10(7)15)3-9(17-12)11(16)5-1-2-5/h3-5,11H,1-2,16H2. The van der Waals surface area contributed by atoms with Crippen molar-refractivity contribution in [3.05, 3.63) is 32.4 Å². The first kappa shape index (κ1) is 11.8. The maximum Gasteiger partial charge on any atom is 0.154 e. The summed E-state index contributed by atoms with van der Waals surface area (Å²) in [7, 11) is 0. The molecule has 1 atom stereocenters. The molecule has 0 saturated heterocycles. The number of nitrogens with two attached hydrogens (primary N) is 1. The molecule has 2 nitrogen and oxygen atoms in total. The van der Waals surface area contributed by atoms with E-state index >= 15 is 0 Å². The van der Waals surface area contributed by atoms with Crippen LogP contribution in [0, 0.1) is 5.92 Å². The number of halogens is 3. The summed E-state index contributed by atoms with van der Waals surface area (Å²) in [5.74, 6) is 1.31. The third-order valence-corrected chi connectivity index (χ3v) is 4.67. The number of benzene rings is 1. The molecule has 1 heterocycles. The molecule has 0 spiro atoms. The third kappa shape index (κ3) is 1.99. The van der Waals surface area contributed by atoms with Gasteiger partial charge in [0, 0.05) is 9.86 Å². The van der Waals surface area contributed by atoms with E-state index in [-0.39, 0.29) is 6.04 Å². The van der Waals surface area contributed by atoms with E-state index in [2.05, 4.69) is 15.9 Å². The molecule has 1 saturated carbocycles. The van der Waals surface area contributed by atoms with Crippen LogP contribution < -0.4 is 5.73 Å². The summed E-state index contributed by atoms with van der Waals surface area (Å²) in [6.07, 6.45) is 2.34. The summed E-state index contributed by atoms with van der Waals surface area (Å²) < 4.78 is 6.50. The topological polar surface area (TPSA) is 39.2 Å². The Balaban J connectivity index is 2.17. The molecule has 1 aliphatic rings. The van der Waals surface area contributed by atoms with Crippen molar-refractivity contribution >= 4 is 50.1 Å². The molecule has 5 heteroatoms. The van der Waals surface area contributed by atoms with Gasteiger partial charge >= 0.3 is 0 Å². The highest BCUT2D eigenvalue weighted by Gasteiger charge is 2.32. The molecule has 1 aliphatic carbocycles. The van der Waals surface area contributed by atoms with E-state index < -0.39 is 0 Å². The molecule has 1 aromatic heterocycles. The second-order valence-corrected chi connectivity index (χ2v) is 6.05. The molecular weight excluding hydrogens is 325 g/mol. The fraction of sp³-hybridized carbons (Fsp3) is 0.333. The summed E-state index contributed by atoms with van der Waals surface area (Å²) in [6.45, 7) is 0. The summed E-state index contributed by atoms with van der Waals surface area (Å²) >= 11 is 15.7. The van der Waals surface area contributed by atoms with E-state index in [0.29, 0.717) is 21.5 Å². The Hall–Kier alpha value is -0.220. The van der Waals surface area contributed by atoms with Crippen molar-refractivity contribution in [3.8, 4) is 0 Å². The van der Waals surface area contributed by atoms with Crippen LogP contribution >= 0.6 is 39.1 Å². The van der Waals surface area contributed by atoms with Crippen LogP contribution in [0.3, 0.4) is 0 Å². The molecule has 90 valence electrons. The predicted octanol–water partition coefficient (Wildman–Crippen LogP) is 4.91. The SMILES string of the molecule is NC(c1cc2c(Cl)c(Br)cc(Cl)c2o1)C1CC1. The Morgan fingerprint density at radius 2 is 2.06 bits per heavy atom. The number of hydrogen-bond donors (Lipinski definition) is 1. The Morgan fingerprint density at radius 1 is 1.35 bits per heavy atom. The number of fused-ring (bicyclic) bond motifs is 1. The van der Waals surface area contributed by atoms with Crippen molar-refractivity contribution in [1.82, 2.24) is 0 Å². The Morgan fingerprint density at radius 3 is 2.71 bits per heavy atom. The van der Waals surface area contributed by atoms with Crippen molar-refractivity contribution in [2.75, 3.05) is 0 Å². The minimum absolute atomic E-state index is 0.0479. The molecule has 0 aliphatic heterocycles. The van der Waals surface area contributed by atoms with Crippen molar-refractivity contribution < 1.29 is 4.42 Å². The second kappa shape index (κ2) is 4.16. The maximum absolute atomic E-state index is 6.20. The van der Waals surface area contributed by atoms with Gasteiger partial charge in [0.2, 0.25) is 0 Å². The minimum atomic E-state index is -0.0479. The number of furan rings is 1. The van der Waals surface area contributed by atoms with Crippen LogP contribution in [0.1, 0.15) is 24.6 Å². The zero-order valence-corrected chi connectivity index (χ0v) is 11.9. The quantitative estimate of drug-likeness (QED) is 0.792. The Bertz CT molecular complexity index is 592. The lowest BCUT2D eigenvalue weighted by Crippen LogP contribution is -2.10. The van der Waals surface area contributed by atoms with Gasteiger partial charge in [-0.3, -0.25) is 0 Å². The van der Waals surface area contributed by atoms with Gasteiger partial charge in [-0.1, -0.05) is 23.2 Å². The van der Waals surface area contributed by atoms with Crippen molar-refractivity contribution in [2.45, 2.75) is 18.9 Å². The van der Waals surface area contributed by atoms with Gasteiger partial charge in [0.25, 0.3) is 0 Å². The average molecular weight is 335 g/mol. The lowest BCUT2D eigenvalue weighted by atomic mass is 10.1. The van der Waals surface area contributed by atoms with Crippen LogP contribution in [0.2, 0.25) is 10.0 Å². The molecular formula is C12H10BrCl2NO. The fourth-order valence-electron chi connectivity index (χ4n) is 1.97. The van der Waals surface area contributed by atoms with Gasteiger partial charge in [0.1, 0.15) is 5.76 Å². The highest BCUT2D eigenvalue weighted by Crippen LogP contribution is 2.43. The zero-order valence-electron chi connectivity index (χ0n) is 8.84. The lowest BCUT2D eigenvalue weighted by molar-refractivity contribution is 0.467. The molecule has 1 aromatic carbocycles. The first-order chi connectivity index (χ1) is 8.08. The van der Waals surface area contributed by atoms with Crippen LogP contribution in [-0.2, 0) is 0 Å². The van der Waals surface area contributed by atoms with Gasteiger partial charge in [-0.25, -0.2) is 0 Å². The molecule has 0 radical (unpaired) electrons. The molecule has 1 unspecified atom stereocenters. The molecule has 1 fully saturated rings. The second-order valence-electron chi connectivity index (χ2n) is 4.41. The summed E-state index contributed by atoms with van der Waals surface area (Å²) in [5, 5.41) is 1.98. The fourth-order valence-corrected chi connectivity index (χ4v) is 2.99. The van der Waals surface area contributed by atoms with Crippen molar-refractivity contribution in [2.24, 2.45) is 11.7 Å². The number of rotatable bonds is 2. The third-order valence-electron chi connectivity index (χ3n) is 3.13. The minimum Gasteiger partial charge on any atom is -0.458 e. The van der Waals surface area contributed by atoms with Gasteiger partial charge in [0.15, 0.2) is 5.58 Å². The first-order valence-corrected chi connectivity index (χ1v) is 6.95. The van der Waals surface area contributed by atoms with E-state index in [1.807, 2.05) is 6.07 Å². The smallest absolute Gasteiger partial charge is 0.154 e. The summed E-state index contributed by atoms with van der Waals surface area (Å²) in [6, 6.07) is 3.59. The maximum atomic E-state index is 6.20. The predicted molar refractivity (Wildman–Crippen MR) is 73.6 cm³/mol. The lowest BCUT2D eigenvalue weighted by Gasteiger charge is -2.04. The average Bonchev–Trinajstić information content (AvgIpc) is 3.03. The highest BCUT2D eigenvalue weighted by atomic mass is 79.9. The molecule has 0 amide bonds. The first-order valence-electron chi connectivity index (χ1n) is 5.40. The Kier molecular flexibility index (Phi) is 2.90. The van der Waals surface area contributed by atoms with E-state index in [9.17, 15) is 0 Å². The van der Waals surface area contributed by atoms with E-state index in [1.165, 1.54) is 12.8 Å². The molecule has 17 heavy (non-hydrogen) atoms. The van der Waals surface area contributed by atoms with Gasteiger partial charge < -0.3 is 10.2 Å². The van der Waals surface area contributed by atoms with Gasteiger partial charge in [-0.15, -0.1) is 0 Å². The number of hydrogen-bond acceptors (Lipinski definition) is 2. The monoisotopic (exact) mass is 333 g/mol. The summed E-state index contributed by atoms with van der Waals surface area (Å²) in [4.78, 5) is 0. The van der Waals surface area contributed by atoms with Crippen LogP contribution in [0.25, 0.3) is 11.0 Å². The van der Waals surface area contributed by atoms with Gasteiger partial charge in [-0.2, -0.15) is 0 Å². The largest absolute Gasteiger partial charge is 0.458 e. The highest BCUT2D eigenvalue weighted by molar-refractivity contribution is 9.10. The Labute approximate surface area is 117 Å². The summed E-state index contributed by atoms with van der Waals surface area (Å²) in [5.41, 5.74) is 6.73. The zero-order chi connectivity index (χ0) is 12.2. The van der Waals surface area contributed by atoms with Crippen molar-refractivity contribution in [3.63, 3.8) is 0 Å². The van der Waals surface area contributed by atoms with Gasteiger partial charge in [0.05, 0.1) is 16.1 Å². The van der Waals surface area contributed by atoms with Crippen LogP contribution in [0.4, 0.5) is 0 Å². The van der Waals surface area contributed by atoms with Crippen LogP contribution in [0.15, 0.2) is 21.0 Å². The molecule has 0 bridgehead atoms. The van der Waals surface area contributed by atoms with E-state index in [1.54, 1.807) is 6.07 Å².